The molecule has 4 aromatic rings. The van der Waals surface area contributed by atoms with Crippen LogP contribution in [-0.2, 0) is 25.8 Å². The van der Waals surface area contributed by atoms with Crippen molar-refractivity contribution in [2.75, 3.05) is 25.5 Å². The van der Waals surface area contributed by atoms with Gasteiger partial charge in [-0.15, -0.1) is 0 Å². The lowest BCUT2D eigenvalue weighted by Crippen LogP contribution is -2.53. The molecule has 1 aliphatic rings. The van der Waals surface area contributed by atoms with Gasteiger partial charge in [-0.3, -0.25) is 10.2 Å². The second kappa shape index (κ2) is 15.8. The van der Waals surface area contributed by atoms with Crippen LogP contribution in [0.2, 0.25) is 0 Å². The van der Waals surface area contributed by atoms with E-state index in [0.29, 0.717) is 35.5 Å². The molecule has 1 aliphatic heterocycles. The maximum atomic E-state index is 14.2. The molecule has 3 N–H and O–H groups in total. The molecule has 0 unspecified atom stereocenters. The number of benzene rings is 4. The van der Waals surface area contributed by atoms with Gasteiger partial charge in [-0.25, -0.2) is 27.6 Å². The molecule has 0 saturated heterocycles. The van der Waals surface area contributed by atoms with Crippen molar-refractivity contribution in [3.8, 4) is 5.75 Å². The number of ether oxygens (including phenoxy) is 2. The molecule has 0 aliphatic carbocycles. The van der Waals surface area contributed by atoms with Crippen LogP contribution in [0.4, 0.5) is 8.78 Å². The van der Waals surface area contributed by atoms with Crippen LogP contribution < -0.4 is 15.6 Å². The first-order chi connectivity index (χ1) is 23.1. The monoisotopic (exact) mass is 741 g/mol. The quantitative estimate of drug-likeness (QED) is 0.109. The lowest BCUT2D eigenvalue weighted by molar-refractivity contribution is -0.130. The number of halogens is 3. The Morgan fingerprint density at radius 2 is 1.67 bits per heavy atom. The number of sulfone groups is 1. The van der Waals surface area contributed by atoms with E-state index in [1.54, 1.807) is 66.7 Å². The van der Waals surface area contributed by atoms with Crippen molar-refractivity contribution in [1.82, 2.24) is 10.9 Å². The van der Waals surface area contributed by atoms with Gasteiger partial charge in [-0.05, 0) is 78.2 Å². The second-order valence-corrected chi connectivity index (χ2v) is 14.2. The van der Waals surface area contributed by atoms with Crippen LogP contribution in [0.15, 0.2) is 111 Å². The minimum Gasteiger partial charge on any atom is -0.494 e. The van der Waals surface area contributed by atoms with Gasteiger partial charge >= 0.3 is 0 Å². The Balaban J connectivity index is 1.47. The van der Waals surface area contributed by atoms with Gasteiger partial charge in [0, 0.05) is 42.1 Å². The fourth-order valence-corrected chi connectivity index (χ4v) is 6.91. The Morgan fingerprint density at radius 3 is 2.33 bits per heavy atom. The second-order valence-electron chi connectivity index (χ2n) is 11.1. The van der Waals surface area contributed by atoms with Gasteiger partial charge in [-0.2, -0.15) is 0 Å². The van der Waals surface area contributed by atoms with Crippen molar-refractivity contribution in [2.45, 2.75) is 35.8 Å². The highest BCUT2D eigenvalue weighted by Crippen LogP contribution is 2.43. The van der Waals surface area contributed by atoms with E-state index in [-0.39, 0.29) is 36.8 Å². The first-order valence-corrected chi connectivity index (χ1v) is 17.7. The minimum absolute atomic E-state index is 0.00251. The van der Waals surface area contributed by atoms with E-state index in [0.717, 1.165) is 10.5 Å². The van der Waals surface area contributed by atoms with Crippen LogP contribution in [-0.4, -0.2) is 56.4 Å². The molecule has 13 heteroatoms. The van der Waals surface area contributed by atoms with E-state index in [1.807, 2.05) is 0 Å². The number of aliphatic hydroxyl groups excluding tert-OH is 1. The molecule has 48 heavy (non-hydrogen) atoms. The summed E-state index contributed by atoms with van der Waals surface area (Å²) in [5.74, 6) is -1.79. The number of aliphatic imine (C=N–C) groups is 1. The maximum absolute atomic E-state index is 14.2. The van der Waals surface area contributed by atoms with Crippen molar-refractivity contribution in [3.63, 3.8) is 0 Å². The van der Waals surface area contributed by atoms with E-state index in [1.165, 1.54) is 24.3 Å². The van der Waals surface area contributed by atoms with Gasteiger partial charge in [0.25, 0.3) is 5.91 Å². The highest BCUT2D eigenvalue weighted by Gasteiger charge is 2.53. The molecule has 2 atom stereocenters. The molecule has 0 spiro atoms. The third-order valence-electron chi connectivity index (χ3n) is 7.72. The first kappa shape index (κ1) is 35.1. The fourth-order valence-electron chi connectivity index (χ4n) is 5.26. The van der Waals surface area contributed by atoms with Gasteiger partial charge in [-0.1, -0.05) is 46.3 Å². The number of carbonyl (C=O) groups is 1. The van der Waals surface area contributed by atoms with E-state index in [9.17, 15) is 22.0 Å². The van der Waals surface area contributed by atoms with Crippen LogP contribution in [0.5, 0.6) is 5.75 Å². The number of nitrogens with zero attached hydrogens (tertiary/aromatic N) is 1. The zero-order chi connectivity index (χ0) is 34.1. The number of hydrogen-bond donors (Lipinski definition) is 3. The molecule has 0 aromatic heterocycles. The molecule has 1 heterocycles. The van der Waals surface area contributed by atoms with Crippen LogP contribution in [0.1, 0.15) is 35.6 Å². The summed E-state index contributed by atoms with van der Waals surface area (Å²) in [6, 6.07) is 25.1. The Kier molecular flexibility index (Phi) is 11.6. The van der Waals surface area contributed by atoms with Gasteiger partial charge in [0.1, 0.15) is 17.4 Å². The summed E-state index contributed by atoms with van der Waals surface area (Å²) >= 11 is 3.43. The topological polar surface area (TPSA) is 126 Å². The Hall–Kier alpha value is -4.17. The standard InChI is InChI=1S/C35H34BrF2N3O6S/c36-27-11-7-25(8-12-27)32-35(16-20-48(44,45)31-5-2-1-3-6-31,34(43)41-39-17-15-24-21-28(37)23-29(38)22-24)40-33(47-32)26-9-13-30(14-10-26)46-19-4-18-42/h1-3,5-14,21-23,32,39,42H,4,15-20H2,(H,41,43)/t32-,35-/m0/s1. The van der Waals surface area contributed by atoms with Crippen molar-refractivity contribution in [1.29, 1.82) is 0 Å². The zero-order valence-corrected chi connectivity index (χ0v) is 28.1. The number of amides is 1. The van der Waals surface area contributed by atoms with Gasteiger partial charge in [0.2, 0.25) is 5.90 Å². The van der Waals surface area contributed by atoms with Crippen LogP contribution in [0.3, 0.4) is 0 Å². The molecule has 1 amide bonds. The molecule has 9 nitrogen and oxygen atoms in total. The smallest absolute Gasteiger partial charge is 0.266 e. The Bertz CT molecular complexity index is 1820. The van der Waals surface area contributed by atoms with Gasteiger partial charge in [0.15, 0.2) is 21.5 Å². The normalized spacial score (nSPS) is 17.4. The molecule has 0 bridgehead atoms. The number of hydrogen-bond acceptors (Lipinski definition) is 8. The summed E-state index contributed by atoms with van der Waals surface area (Å²) in [6.45, 7) is 0.451. The summed E-state index contributed by atoms with van der Waals surface area (Å²) in [7, 11) is -3.84. The van der Waals surface area contributed by atoms with Gasteiger partial charge < -0.3 is 14.6 Å². The molecular weight excluding hydrogens is 708 g/mol. The van der Waals surface area contributed by atoms with E-state index < -0.39 is 44.8 Å². The number of carbonyl (C=O) groups excluding carboxylic acids is 1. The molecule has 252 valence electrons. The van der Waals surface area contributed by atoms with Crippen molar-refractivity contribution >= 4 is 37.6 Å². The van der Waals surface area contributed by atoms with Crippen LogP contribution in [0.25, 0.3) is 0 Å². The van der Waals surface area contributed by atoms with Crippen LogP contribution >= 0.6 is 15.9 Å². The lowest BCUT2D eigenvalue weighted by Gasteiger charge is -2.30. The highest BCUT2D eigenvalue weighted by molar-refractivity contribution is 9.10. The van der Waals surface area contributed by atoms with Crippen molar-refractivity contribution in [2.24, 2.45) is 4.99 Å². The molecule has 0 saturated carbocycles. The molecule has 0 fully saturated rings. The number of aliphatic hydroxyl groups is 1. The summed E-state index contributed by atoms with van der Waals surface area (Å²) in [5.41, 5.74) is 5.22. The largest absolute Gasteiger partial charge is 0.494 e. The SMILES string of the molecule is O=C(NNCCc1cc(F)cc(F)c1)[C@@]1(CCS(=O)(=O)c2ccccc2)N=C(c2ccc(OCCCO)cc2)O[C@H]1c1ccc(Br)cc1. The number of rotatable bonds is 15. The highest BCUT2D eigenvalue weighted by atomic mass is 79.9. The van der Waals surface area contributed by atoms with Crippen molar-refractivity contribution < 1.29 is 36.6 Å². The summed E-state index contributed by atoms with van der Waals surface area (Å²) in [4.78, 5) is 19.2. The average molecular weight is 743 g/mol. The summed E-state index contributed by atoms with van der Waals surface area (Å²) in [6.07, 6.45) is -0.591. The average Bonchev–Trinajstić information content (AvgIpc) is 3.47. The zero-order valence-electron chi connectivity index (χ0n) is 25.7. The fraction of sp³-hybridized carbons (Fsp3) is 0.257. The van der Waals surface area contributed by atoms with Crippen LogP contribution in [0, 0.1) is 11.6 Å². The third kappa shape index (κ3) is 8.64. The van der Waals surface area contributed by atoms with E-state index in [2.05, 4.69) is 26.8 Å². The Morgan fingerprint density at radius 1 is 0.979 bits per heavy atom. The molecule has 5 rings (SSSR count). The summed E-state index contributed by atoms with van der Waals surface area (Å²) in [5, 5.41) is 9.04. The summed E-state index contributed by atoms with van der Waals surface area (Å²) < 4.78 is 67.2. The minimum atomic E-state index is -3.84. The van der Waals surface area contributed by atoms with E-state index >= 15 is 0 Å². The Labute approximate surface area is 286 Å². The van der Waals surface area contributed by atoms with Gasteiger partial charge in [0.05, 0.1) is 17.3 Å². The predicted molar refractivity (Wildman–Crippen MR) is 180 cm³/mol. The lowest BCUT2D eigenvalue weighted by atomic mass is 9.85. The molecule has 4 aromatic carbocycles. The molecular formula is C35H34BrF2N3O6S. The number of hydrazine groups is 1. The predicted octanol–water partition coefficient (Wildman–Crippen LogP) is 5.47. The van der Waals surface area contributed by atoms with Crippen molar-refractivity contribution in [3.05, 3.63) is 130 Å². The maximum Gasteiger partial charge on any atom is 0.266 e. The first-order valence-electron chi connectivity index (χ1n) is 15.2. The third-order valence-corrected chi connectivity index (χ3v) is 9.98. The number of nitrogens with one attached hydrogen (secondary N) is 2. The molecule has 0 radical (unpaired) electrons. The van der Waals surface area contributed by atoms with E-state index in [4.69, 9.17) is 19.6 Å².